The molecule has 5 heteroatoms. The molecule has 4 N–H and O–H groups in total. The van der Waals surface area contributed by atoms with Crippen LogP contribution in [0.2, 0.25) is 0 Å². The molecule has 0 bridgehead atoms. The first-order valence-electron chi connectivity index (χ1n) is 5.61. The van der Waals surface area contributed by atoms with Gasteiger partial charge in [-0.3, -0.25) is 9.59 Å². The van der Waals surface area contributed by atoms with Crippen molar-refractivity contribution in [3.05, 3.63) is 0 Å². The Bertz CT molecular complexity index is 294. The number of carbonyl (C=O) groups is 2. The summed E-state index contributed by atoms with van der Waals surface area (Å²) in [6.45, 7) is 6.84. The van der Waals surface area contributed by atoms with Crippen LogP contribution in [0, 0.1) is 5.41 Å². The molecule has 0 unspecified atom stereocenters. The number of nitrogens with two attached hydrogens (primary N) is 1. The predicted octanol–water partition coefficient (Wildman–Crippen LogP) is -0.244. The molecule has 1 aliphatic heterocycles. The number of carbonyl (C=O) groups excluding carboxylic acids is 2. The zero-order valence-corrected chi connectivity index (χ0v) is 10.2. The summed E-state index contributed by atoms with van der Waals surface area (Å²) in [6, 6.07) is 0. The molecule has 1 heterocycles. The Morgan fingerprint density at radius 3 is 2.25 bits per heavy atom. The predicted molar refractivity (Wildman–Crippen MR) is 61.6 cm³/mol. The van der Waals surface area contributed by atoms with Crippen molar-refractivity contribution in [2.45, 2.75) is 39.2 Å². The lowest BCUT2D eigenvalue weighted by molar-refractivity contribution is -0.137. The highest BCUT2D eigenvalue weighted by atomic mass is 16.2. The molecule has 1 rings (SSSR count). The molecule has 16 heavy (non-hydrogen) atoms. The van der Waals surface area contributed by atoms with Crippen molar-refractivity contribution < 1.29 is 9.59 Å². The van der Waals surface area contributed by atoms with Crippen molar-refractivity contribution in [3.8, 4) is 0 Å². The van der Waals surface area contributed by atoms with Gasteiger partial charge in [0.2, 0.25) is 11.8 Å². The normalized spacial score (nSPS) is 20.2. The van der Waals surface area contributed by atoms with Gasteiger partial charge >= 0.3 is 0 Å². The van der Waals surface area contributed by atoms with Crippen molar-refractivity contribution in [1.29, 1.82) is 0 Å². The van der Waals surface area contributed by atoms with Gasteiger partial charge in [-0.25, -0.2) is 0 Å². The Morgan fingerprint density at radius 2 is 1.81 bits per heavy atom. The first-order chi connectivity index (χ1) is 7.28. The molecular formula is C11H21N3O2. The van der Waals surface area contributed by atoms with E-state index in [1.54, 1.807) is 13.8 Å². The van der Waals surface area contributed by atoms with Crippen LogP contribution in [0.3, 0.4) is 0 Å². The quantitative estimate of drug-likeness (QED) is 0.622. The van der Waals surface area contributed by atoms with Crippen LogP contribution < -0.4 is 16.4 Å². The lowest BCUT2D eigenvalue weighted by atomic mass is 9.79. The molecule has 0 aliphatic carbocycles. The van der Waals surface area contributed by atoms with E-state index >= 15 is 0 Å². The largest absolute Gasteiger partial charge is 0.368 e. The Kier molecular flexibility index (Phi) is 3.57. The number of rotatable bonds is 3. The van der Waals surface area contributed by atoms with Crippen molar-refractivity contribution in [3.63, 3.8) is 0 Å². The zero-order valence-electron chi connectivity index (χ0n) is 10.2. The first kappa shape index (κ1) is 13.0. The Labute approximate surface area is 96.1 Å². The first-order valence-corrected chi connectivity index (χ1v) is 5.61. The molecular weight excluding hydrogens is 206 g/mol. The van der Waals surface area contributed by atoms with Gasteiger partial charge in [0, 0.05) is 5.41 Å². The standard InChI is InChI=1S/C11H21N3O2/c1-10(2,8(12)15)14-9(16)11(3)4-6-13-7-5-11/h13H,4-7H2,1-3H3,(H2,12,15)(H,14,16). The smallest absolute Gasteiger partial charge is 0.242 e. The highest BCUT2D eigenvalue weighted by Crippen LogP contribution is 2.28. The van der Waals surface area contributed by atoms with E-state index in [0.717, 1.165) is 25.9 Å². The van der Waals surface area contributed by atoms with E-state index in [4.69, 9.17) is 5.73 Å². The van der Waals surface area contributed by atoms with Gasteiger partial charge < -0.3 is 16.4 Å². The fourth-order valence-electron chi connectivity index (χ4n) is 1.70. The maximum atomic E-state index is 12.1. The van der Waals surface area contributed by atoms with E-state index < -0.39 is 16.9 Å². The van der Waals surface area contributed by atoms with Crippen LogP contribution in [0.4, 0.5) is 0 Å². The second kappa shape index (κ2) is 4.41. The highest BCUT2D eigenvalue weighted by molar-refractivity contribution is 5.91. The van der Waals surface area contributed by atoms with E-state index in [0.29, 0.717) is 0 Å². The molecule has 2 amide bonds. The number of piperidine rings is 1. The Morgan fingerprint density at radius 1 is 1.31 bits per heavy atom. The average molecular weight is 227 g/mol. The number of primary amides is 1. The lowest BCUT2D eigenvalue weighted by Crippen LogP contribution is -2.57. The number of hydrogen-bond donors (Lipinski definition) is 3. The summed E-state index contributed by atoms with van der Waals surface area (Å²) in [5.74, 6) is -0.601. The van der Waals surface area contributed by atoms with Gasteiger partial charge in [0.1, 0.15) is 5.54 Å². The second-order valence-electron chi connectivity index (χ2n) is 5.25. The summed E-state index contributed by atoms with van der Waals surface area (Å²) in [4.78, 5) is 23.2. The van der Waals surface area contributed by atoms with Crippen molar-refractivity contribution in [1.82, 2.24) is 10.6 Å². The number of hydrogen-bond acceptors (Lipinski definition) is 3. The molecule has 1 aliphatic rings. The summed E-state index contributed by atoms with van der Waals surface area (Å²) < 4.78 is 0. The van der Waals surface area contributed by atoms with E-state index in [1.165, 1.54) is 0 Å². The monoisotopic (exact) mass is 227 g/mol. The van der Waals surface area contributed by atoms with Crippen LogP contribution in [0.5, 0.6) is 0 Å². The third-order valence-electron chi connectivity index (χ3n) is 3.30. The van der Waals surface area contributed by atoms with Gasteiger partial charge in [0.15, 0.2) is 0 Å². The highest BCUT2D eigenvalue weighted by Gasteiger charge is 2.38. The van der Waals surface area contributed by atoms with Gasteiger partial charge in [-0.05, 0) is 39.8 Å². The van der Waals surface area contributed by atoms with Gasteiger partial charge in [0.05, 0.1) is 0 Å². The van der Waals surface area contributed by atoms with Crippen molar-refractivity contribution in [2.24, 2.45) is 11.1 Å². The Hall–Kier alpha value is -1.10. The van der Waals surface area contributed by atoms with Crippen LogP contribution in [-0.2, 0) is 9.59 Å². The third-order valence-corrected chi connectivity index (χ3v) is 3.30. The molecule has 1 saturated heterocycles. The van der Waals surface area contributed by atoms with Crippen LogP contribution in [0.1, 0.15) is 33.6 Å². The maximum Gasteiger partial charge on any atom is 0.242 e. The minimum Gasteiger partial charge on any atom is -0.368 e. The third kappa shape index (κ3) is 2.72. The van der Waals surface area contributed by atoms with Gasteiger partial charge in [0.25, 0.3) is 0 Å². The molecule has 0 aromatic carbocycles. The molecule has 0 radical (unpaired) electrons. The number of amides is 2. The lowest BCUT2D eigenvalue weighted by Gasteiger charge is -2.35. The van der Waals surface area contributed by atoms with Crippen LogP contribution in [-0.4, -0.2) is 30.4 Å². The number of nitrogens with one attached hydrogen (secondary N) is 2. The summed E-state index contributed by atoms with van der Waals surface area (Å²) in [7, 11) is 0. The molecule has 0 spiro atoms. The molecule has 5 nitrogen and oxygen atoms in total. The van der Waals surface area contributed by atoms with Gasteiger partial charge in [-0.1, -0.05) is 6.92 Å². The van der Waals surface area contributed by atoms with Crippen LogP contribution in [0.25, 0.3) is 0 Å². The summed E-state index contributed by atoms with van der Waals surface area (Å²) in [5.41, 5.74) is 3.85. The SMILES string of the molecule is CC1(C(=O)NC(C)(C)C(N)=O)CCNCC1. The summed E-state index contributed by atoms with van der Waals surface area (Å²) in [6.07, 6.45) is 1.57. The zero-order chi connectivity index (χ0) is 12.4. The minimum absolute atomic E-state index is 0.0854. The van der Waals surface area contributed by atoms with E-state index in [9.17, 15) is 9.59 Å². The molecule has 0 aromatic heterocycles. The minimum atomic E-state index is -0.981. The summed E-state index contributed by atoms with van der Waals surface area (Å²) >= 11 is 0. The van der Waals surface area contributed by atoms with E-state index in [-0.39, 0.29) is 5.91 Å². The molecule has 1 fully saturated rings. The van der Waals surface area contributed by atoms with Gasteiger partial charge in [-0.2, -0.15) is 0 Å². The fraction of sp³-hybridized carbons (Fsp3) is 0.818. The molecule has 92 valence electrons. The topological polar surface area (TPSA) is 84.2 Å². The van der Waals surface area contributed by atoms with Crippen molar-refractivity contribution >= 4 is 11.8 Å². The maximum absolute atomic E-state index is 12.1. The molecule has 0 saturated carbocycles. The molecule has 0 atom stereocenters. The second-order valence-corrected chi connectivity index (χ2v) is 5.25. The van der Waals surface area contributed by atoms with Crippen LogP contribution in [0.15, 0.2) is 0 Å². The average Bonchev–Trinajstić information content (AvgIpc) is 2.18. The molecule has 0 aromatic rings. The van der Waals surface area contributed by atoms with Crippen LogP contribution >= 0.6 is 0 Å². The van der Waals surface area contributed by atoms with Crippen molar-refractivity contribution in [2.75, 3.05) is 13.1 Å². The van der Waals surface area contributed by atoms with Gasteiger partial charge in [-0.15, -0.1) is 0 Å². The fourth-order valence-corrected chi connectivity index (χ4v) is 1.70. The Balaban J connectivity index is 2.67. The van der Waals surface area contributed by atoms with E-state index in [1.807, 2.05) is 6.92 Å². The van der Waals surface area contributed by atoms with E-state index in [2.05, 4.69) is 10.6 Å². The summed E-state index contributed by atoms with van der Waals surface area (Å²) in [5, 5.41) is 5.93.